The Balaban J connectivity index is 1.71. The van der Waals surface area contributed by atoms with Crippen LogP contribution in [0, 0.1) is 5.82 Å². The molecule has 2 amide bonds. The fourth-order valence-corrected chi connectivity index (χ4v) is 3.36. The van der Waals surface area contributed by atoms with Gasteiger partial charge in [0, 0.05) is 13.1 Å². The first-order valence-electron chi connectivity index (χ1n) is 10.7. The quantitative estimate of drug-likeness (QED) is 0.475. The maximum Gasteiger partial charge on any atom is 0.262 e. The predicted molar refractivity (Wildman–Crippen MR) is 127 cm³/mol. The first-order chi connectivity index (χ1) is 16.5. The molecule has 1 N–H and O–H groups in total. The molecule has 0 aliphatic heterocycles. The Bertz CT molecular complexity index is 1150. The highest BCUT2D eigenvalue weighted by molar-refractivity contribution is 5.97. The molecule has 0 aliphatic carbocycles. The van der Waals surface area contributed by atoms with Crippen LogP contribution in [-0.4, -0.2) is 44.1 Å². The minimum Gasteiger partial charge on any atom is -0.493 e. The summed E-state index contributed by atoms with van der Waals surface area (Å²) < 4.78 is 30.0. The fourth-order valence-electron chi connectivity index (χ4n) is 3.36. The van der Waals surface area contributed by atoms with Crippen molar-refractivity contribution in [1.82, 2.24) is 4.90 Å². The lowest BCUT2D eigenvalue weighted by molar-refractivity contribution is -0.118. The van der Waals surface area contributed by atoms with E-state index in [1.54, 1.807) is 55.5 Å². The van der Waals surface area contributed by atoms with E-state index in [2.05, 4.69) is 5.32 Å². The van der Waals surface area contributed by atoms with Crippen LogP contribution in [0.3, 0.4) is 0 Å². The van der Waals surface area contributed by atoms with Crippen LogP contribution in [0.1, 0.15) is 22.8 Å². The number of halogens is 1. The zero-order valence-electron chi connectivity index (χ0n) is 19.3. The second-order valence-corrected chi connectivity index (χ2v) is 7.32. The highest BCUT2D eigenvalue weighted by atomic mass is 19.1. The van der Waals surface area contributed by atoms with Gasteiger partial charge in [-0.15, -0.1) is 0 Å². The van der Waals surface area contributed by atoms with E-state index in [1.165, 1.54) is 18.2 Å². The van der Waals surface area contributed by atoms with E-state index >= 15 is 0 Å². The molecule has 3 aromatic carbocycles. The monoisotopic (exact) mass is 466 g/mol. The molecular formula is C26H27FN2O5. The Morgan fingerprint density at radius 3 is 2.32 bits per heavy atom. The van der Waals surface area contributed by atoms with Crippen LogP contribution in [0.15, 0.2) is 66.7 Å². The number of carbonyl (C=O) groups excluding carboxylic acids is 2. The van der Waals surface area contributed by atoms with Gasteiger partial charge in [0.05, 0.1) is 25.5 Å². The predicted octanol–water partition coefficient (Wildman–Crippen LogP) is 4.52. The number of carbonyl (C=O) groups is 2. The number of nitrogens with one attached hydrogen (secondary N) is 1. The number of rotatable bonds is 10. The minimum absolute atomic E-state index is 0.0625. The van der Waals surface area contributed by atoms with Crippen molar-refractivity contribution in [3.8, 4) is 17.2 Å². The number of benzene rings is 3. The number of anilines is 1. The average molecular weight is 467 g/mol. The average Bonchev–Trinajstić information content (AvgIpc) is 2.87. The Hall–Kier alpha value is -4.07. The van der Waals surface area contributed by atoms with Crippen LogP contribution in [0.4, 0.5) is 10.1 Å². The van der Waals surface area contributed by atoms with Crippen molar-refractivity contribution < 1.29 is 28.2 Å². The van der Waals surface area contributed by atoms with Crippen molar-refractivity contribution >= 4 is 17.5 Å². The zero-order chi connectivity index (χ0) is 24.5. The van der Waals surface area contributed by atoms with E-state index in [0.29, 0.717) is 30.2 Å². The fraction of sp³-hybridized carbons (Fsp3) is 0.231. The summed E-state index contributed by atoms with van der Waals surface area (Å²) in [6.07, 6.45) is 0. The summed E-state index contributed by atoms with van der Waals surface area (Å²) >= 11 is 0. The lowest BCUT2D eigenvalue weighted by atomic mass is 10.1. The molecule has 178 valence electrons. The van der Waals surface area contributed by atoms with Gasteiger partial charge in [-0.3, -0.25) is 9.59 Å². The Morgan fingerprint density at radius 2 is 1.62 bits per heavy atom. The van der Waals surface area contributed by atoms with E-state index in [4.69, 9.17) is 14.2 Å². The second kappa shape index (κ2) is 11.7. The molecule has 3 rings (SSSR count). The molecule has 0 radical (unpaired) electrons. The van der Waals surface area contributed by atoms with Gasteiger partial charge in [0.2, 0.25) is 0 Å². The Kier molecular flexibility index (Phi) is 8.45. The van der Waals surface area contributed by atoms with Crippen molar-refractivity contribution in [3.63, 3.8) is 0 Å². The molecule has 0 saturated carbocycles. The van der Waals surface area contributed by atoms with E-state index in [-0.39, 0.29) is 24.0 Å². The SMILES string of the molecule is CCN(Cc1ccc(OC)c(OC)c1)C(=O)c1ccccc1OCC(=O)Nc1ccccc1F. The molecule has 0 aromatic heterocycles. The Morgan fingerprint density at radius 1 is 0.912 bits per heavy atom. The summed E-state index contributed by atoms with van der Waals surface area (Å²) in [5, 5.41) is 2.46. The largest absolute Gasteiger partial charge is 0.493 e. The lowest BCUT2D eigenvalue weighted by Gasteiger charge is -2.23. The van der Waals surface area contributed by atoms with Gasteiger partial charge in [-0.25, -0.2) is 4.39 Å². The molecule has 0 saturated heterocycles. The maximum absolute atomic E-state index is 13.8. The van der Waals surface area contributed by atoms with Crippen LogP contribution in [0.2, 0.25) is 0 Å². The van der Waals surface area contributed by atoms with Crippen LogP contribution >= 0.6 is 0 Å². The number of nitrogens with zero attached hydrogens (tertiary/aromatic N) is 1. The normalized spacial score (nSPS) is 10.4. The number of ether oxygens (including phenoxy) is 3. The molecule has 8 heteroatoms. The summed E-state index contributed by atoms with van der Waals surface area (Å²) in [5.74, 6) is 0.121. The van der Waals surface area contributed by atoms with Gasteiger partial charge >= 0.3 is 0 Å². The topological polar surface area (TPSA) is 77.1 Å². The van der Waals surface area contributed by atoms with E-state index < -0.39 is 11.7 Å². The number of hydrogen-bond acceptors (Lipinski definition) is 5. The zero-order valence-corrected chi connectivity index (χ0v) is 19.3. The number of amides is 2. The molecule has 3 aromatic rings. The van der Waals surface area contributed by atoms with Gasteiger partial charge in [-0.1, -0.05) is 30.3 Å². The van der Waals surface area contributed by atoms with Crippen LogP contribution in [-0.2, 0) is 11.3 Å². The van der Waals surface area contributed by atoms with Gasteiger partial charge in [-0.2, -0.15) is 0 Å². The van der Waals surface area contributed by atoms with Crippen molar-refractivity contribution in [2.45, 2.75) is 13.5 Å². The lowest BCUT2D eigenvalue weighted by Crippen LogP contribution is -2.31. The third-order valence-corrected chi connectivity index (χ3v) is 5.11. The standard InChI is InChI=1S/C26H27FN2O5/c1-4-29(16-18-13-14-23(32-2)24(15-18)33-3)26(31)19-9-5-8-12-22(19)34-17-25(30)28-21-11-7-6-10-20(21)27/h5-15H,4,16-17H2,1-3H3,(H,28,30). The first kappa shape index (κ1) is 24.6. The molecule has 0 fully saturated rings. The van der Waals surface area contributed by atoms with Gasteiger partial charge in [0.15, 0.2) is 18.1 Å². The molecule has 0 aliphatic rings. The molecular weight excluding hydrogens is 439 g/mol. The molecule has 7 nitrogen and oxygen atoms in total. The number of hydrogen-bond donors (Lipinski definition) is 1. The summed E-state index contributed by atoms with van der Waals surface area (Å²) in [7, 11) is 3.12. The highest BCUT2D eigenvalue weighted by Crippen LogP contribution is 2.28. The molecule has 0 bridgehead atoms. The van der Waals surface area contributed by atoms with Crippen LogP contribution in [0.25, 0.3) is 0 Å². The molecule has 0 atom stereocenters. The van der Waals surface area contributed by atoms with E-state index in [0.717, 1.165) is 5.56 Å². The third-order valence-electron chi connectivity index (χ3n) is 5.11. The summed E-state index contributed by atoms with van der Waals surface area (Å²) in [5.41, 5.74) is 1.26. The summed E-state index contributed by atoms with van der Waals surface area (Å²) in [6.45, 7) is 2.30. The van der Waals surface area contributed by atoms with Gasteiger partial charge in [0.1, 0.15) is 11.6 Å². The van der Waals surface area contributed by atoms with Crippen molar-refractivity contribution in [1.29, 1.82) is 0 Å². The number of methoxy groups -OCH3 is 2. The smallest absolute Gasteiger partial charge is 0.262 e. The first-order valence-corrected chi connectivity index (χ1v) is 10.7. The molecule has 0 heterocycles. The van der Waals surface area contributed by atoms with Crippen molar-refractivity contribution in [2.24, 2.45) is 0 Å². The highest BCUT2D eigenvalue weighted by Gasteiger charge is 2.20. The van der Waals surface area contributed by atoms with Crippen molar-refractivity contribution in [2.75, 3.05) is 32.7 Å². The van der Waals surface area contributed by atoms with Crippen molar-refractivity contribution in [3.05, 3.63) is 83.7 Å². The third kappa shape index (κ3) is 6.04. The van der Waals surface area contributed by atoms with Crippen LogP contribution in [0.5, 0.6) is 17.2 Å². The van der Waals surface area contributed by atoms with E-state index in [9.17, 15) is 14.0 Å². The van der Waals surface area contributed by atoms with Gasteiger partial charge in [-0.05, 0) is 48.9 Å². The molecule has 0 spiro atoms. The summed E-state index contributed by atoms with van der Waals surface area (Å²) in [4.78, 5) is 27.2. The molecule has 0 unspecified atom stereocenters. The van der Waals surface area contributed by atoms with Gasteiger partial charge < -0.3 is 24.4 Å². The number of para-hydroxylation sites is 2. The second-order valence-electron chi connectivity index (χ2n) is 7.32. The molecule has 34 heavy (non-hydrogen) atoms. The van der Waals surface area contributed by atoms with E-state index in [1.807, 2.05) is 19.1 Å². The van der Waals surface area contributed by atoms with Crippen LogP contribution < -0.4 is 19.5 Å². The summed E-state index contributed by atoms with van der Waals surface area (Å²) in [6, 6.07) is 18.0. The minimum atomic E-state index is -0.542. The van der Waals surface area contributed by atoms with Gasteiger partial charge in [0.25, 0.3) is 11.8 Å². The maximum atomic E-state index is 13.8. The Labute approximate surface area is 198 Å².